The third kappa shape index (κ3) is 6.28. The topological polar surface area (TPSA) is 104 Å². The SMILES string of the molecule is CC(c1ccnc(Nc2nc3ccc(-c4cnn(CC5CC5(C)C)c4)cc3[nH]2)c1)N1CCN(C(=O)OC(C)(C)C)CC1. The molecule has 2 fully saturated rings. The number of hydrogen-bond donors (Lipinski definition) is 2. The van der Waals surface area contributed by atoms with Crippen LogP contribution in [0.2, 0.25) is 0 Å². The van der Waals surface area contributed by atoms with Gasteiger partial charge in [-0.15, -0.1) is 0 Å². The van der Waals surface area contributed by atoms with Crippen LogP contribution in [-0.4, -0.2) is 72.4 Å². The van der Waals surface area contributed by atoms with Gasteiger partial charge in [0.15, 0.2) is 0 Å². The van der Waals surface area contributed by atoms with Gasteiger partial charge in [0.1, 0.15) is 11.4 Å². The molecular weight excluding hydrogens is 528 g/mol. The minimum atomic E-state index is -0.485. The fraction of sp³-hybridized carbons (Fsp3) is 0.500. The molecule has 42 heavy (non-hydrogen) atoms. The molecule has 2 unspecified atom stereocenters. The zero-order valence-corrected chi connectivity index (χ0v) is 25.5. The zero-order chi connectivity index (χ0) is 29.6. The average Bonchev–Trinajstić information content (AvgIpc) is 3.27. The number of anilines is 2. The quantitative estimate of drug-likeness (QED) is 0.272. The van der Waals surface area contributed by atoms with Crippen LogP contribution < -0.4 is 5.32 Å². The number of nitrogens with zero attached hydrogens (tertiary/aromatic N) is 6. The molecule has 2 aliphatic rings. The van der Waals surface area contributed by atoms with Crippen LogP contribution in [-0.2, 0) is 11.3 Å². The maximum Gasteiger partial charge on any atom is 0.410 e. The van der Waals surface area contributed by atoms with E-state index in [0.717, 1.165) is 53.2 Å². The standard InChI is InChI=1S/C32H42N8O2/c1-21(38-11-13-39(14-12-38)30(41)42-31(2,3)4)22-9-10-33-28(16-22)37-29-35-26-8-7-23(15-27(26)36-29)24-18-34-40(19-24)20-25-17-32(25,5)6/h7-10,15-16,18-19,21,25H,11-14,17,20H2,1-6H3,(H2,33,35,36,37). The second-order valence-corrected chi connectivity index (χ2v) is 13.4. The van der Waals surface area contributed by atoms with Gasteiger partial charge in [-0.3, -0.25) is 9.58 Å². The van der Waals surface area contributed by atoms with Crippen molar-refractivity contribution in [1.29, 1.82) is 0 Å². The molecule has 2 atom stereocenters. The molecule has 1 amide bonds. The summed E-state index contributed by atoms with van der Waals surface area (Å²) in [6.45, 7) is 16.4. The Hall–Kier alpha value is -3.92. The summed E-state index contributed by atoms with van der Waals surface area (Å²) in [6.07, 6.45) is 6.93. The smallest absolute Gasteiger partial charge is 0.410 e. The highest BCUT2D eigenvalue weighted by atomic mass is 16.6. The first-order valence-electron chi connectivity index (χ1n) is 14.9. The van der Waals surface area contributed by atoms with E-state index >= 15 is 0 Å². The average molecular weight is 571 g/mol. The first-order chi connectivity index (χ1) is 19.9. The predicted octanol–water partition coefficient (Wildman–Crippen LogP) is 6.22. The fourth-order valence-corrected chi connectivity index (χ4v) is 5.70. The number of ether oxygens (including phenoxy) is 1. The number of aromatic nitrogens is 5. The van der Waals surface area contributed by atoms with E-state index in [1.807, 2.05) is 45.3 Å². The van der Waals surface area contributed by atoms with Crippen molar-refractivity contribution in [3.05, 3.63) is 54.5 Å². The molecule has 10 nitrogen and oxygen atoms in total. The van der Waals surface area contributed by atoms with Gasteiger partial charge in [-0.25, -0.2) is 14.8 Å². The maximum atomic E-state index is 12.4. The Bertz CT molecular complexity index is 1570. The number of hydrogen-bond acceptors (Lipinski definition) is 7. The molecule has 222 valence electrons. The number of fused-ring (bicyclic) bond motifs is 1. The molecule has 4 heterocycles. The van der Waals surface area contributed by atoms with E-state index in [0.29, 0.717) is 30.4 Å². The number of piperazine rings is 1. The summed E-state index contributed by atoms with van der Waals surface area (Å²) in [4.78, 5) is 29.3. The van der Waals surface area contributed by atoms with Crippen LogP contribution in [0.1, 0.15) is 59.6 Å². The van der Waals surface area contributed by atoms with Gasteiger partial charge in [-0.05, 0) is 80.8 Å². The van der Waals surface area contributed by atoms with Gasteiger partial charge in [0.2, 0.25) is 5.95 Å². The van der Waals surface area contributed by atoms with Gasteiger partial charge < -0.3 is 19.9 Å². The Balaban J connectivity index is 1.09. The molecule has 1 saturated carbocycles. The van der Waals surface area contributed by atoms with Gasteiger partial charge in [-0.1, -0.05) is 19.9 Å². The molecular formula is C32H42N8O2. The Morgan fingerprint density at radius 1 is 1.14 bits per heavy atom. The number of nitrogens with one attached hydrogen (secondary N) is 2. The number of carbonyl (C=O) groups is 1. The molecule has 1 aliphatic heterocycles. The lowest BCUT2D eigenvalue weighted by Gasteiger charge is -2.38. The summed E-state index contributed by atoms with van der Waals surface area (Å²) in [5, 5.41) is 7.96. The molecule has 10 heteroatoms. The number of imidazole rings is 1. The van der Waals surface area contributed by atoms with Crippen LogP contribution in [0.5, 0.6) is 0 Å². The molecule has 1 saturated heterocycles. The second kappa shape index (κ2) is 10.7. The molecule has 1 aromatic carbocycles. The second-order valence-electron chi connectivity index (χ2n) is 13.4. The third-order valence-corrected chi connectivity index (χ3v) is 8.60. The van der Waals surface area contributed by atoms with Gasteiger partial charge in [-0.2, -0.15) is 5.10 Å². The summed E-state index contributed by atoms with van der Waals surface area (Å²) in [7, 11) is 0. The Morgan fingerprint density at radius 2 is 1.90 bits per heavy atom. The highest BCUT2D eigenvalue weighted by Crippen LogP contribution is 2.52. The van der Waals surface area contributed by atoms with E-state index < -0.39 is 5.60 Å². The number of benzene rings is 1. The summed E-state index contributed by atoms with van der Waals surface area (Å²) in [6, 6.07) is 10.6. The van der Waals surface area contributed by atoms with Crippen molar-refractivity contribution in [1.82, 2.24) is 34.5 Å². The number of rotatable bonds is 7. The van der Waals surface area contributed by atoms with E-state index in [1.165, 1.54) is 6.42 Å². The van der Waals surface area contributed by atoms with Crippen LogP contribution >= 0.6 is 0 Å². The van der Waals surface area contributed by atoms with Crippen molar-refractivity contribution in [3.63, 3.8) is 0 Å². The summed E-state index contributed by atoms with van der Waals surface area (Å²) in [5.74, 6) is 2.09. The molecule has 3 aromatic heterocycles. The van der Waals surface area contributed by atoms with E-state index in [1.54, 1.807) is 4.90 Å². The lowest BCUT2D eigenvalue weighted by Crippen LogP contribution is -2.50. The highest BCUT2D eigenvalue weighted by Gasteiger charge is 2.45. The first-order valence-corrected chi connectivity index (χ1v) is 14.9. The lowest BCUT2D eigenvalue weighted by molar-refractivity contribution is 0.0110. The normalized spacial score (nSPS) is 19.6. The minimum absolute atomic E-state index is 0.180. The Labute approximate surface area is 247 Å². The minimum Gasteiger partial charge on any atom is -0.444 e. The van der Waals surface area contributed by atoms with Gasteiger partial charge in [0, 0.05) is 56.7 Å². The van der Waals surface area contributed by atoms with Crippen LogP contribution in [0.15, 0.2) is 48.9 Å². The molecule has 6 rings (SSSR count). The van der Waals surface area contributed by atoms with Crippen LogP contribution in [0.25, 0.3) is 22.2 Å². The molecule has 1 aliphatic carbocycles. The van der Waals surface area contributed by atoms with E-state index in [9.17, 15) is 4.79 Å². The van der Waals surface area contributed by atoms with Gasteiger partial charge in [0.05, 0.1) is 17.2 Å². The van der Waals surface area contributed by atoms with Crippen molar-refractivity contribution in [2.75, 3.05) is 31.5 Å². The van der Waals surface area contributed by atoms with Crippen LogP contribution in [0, 0.1) is 11.3 Å². The highest BCUT2D eigenvalue weighted by molar-refractivity contribution is 5.83. The molecule has 4 aromatic rings. The van der Waals surface area contributed by atoms with Gasteiger partial charge in [0.25, 0.3) is 0 Å². The lowest BCUT2D eigenvalue weighted by atomic mass is 10.1. The predicted molar refractivity (Wildman–Crippen MR) is 165 cm³/mol. The monoisotopic (exact) mass is 570 g/mol. The van der Waals surface area contributed by atoms with E-state index in [4.69, 9.17) is 9.72 Å². The molecule has 0 radical (unpaired) electrons. The van der Waals surface area contributed by atoms with Gasteiger partial charge >= 0.3 is 6.09 Å². The Kier molecular flexibility index (Phi) is 7.21. The summed E-state index contributed by atoms with van der Waals surface area (Å²) in [5.41, 5.74) is 5.17. The van der Waals surface area contributed by atoms with Crippen molar-refractivity contribution in [2.45, 2.75) is 66.2 Å². The number of aromatic amines is 1. The fourth-order valence-electron chi connectivity index (χ4n) is 5.70. The van der Waals surface area contributed by atoms with Crippen molar-refractivity contribution < 1.29 is 9.53 Å². The number of H-pyrrole nitrogens is 1. The zero-order valence-electron chi connectivity index (χ0n) is 25.5. The Morgan fingerprint density at radius 3 is 2.62 bits per heavy atom. The number of pyridine rings is 1. The first kappa shape index (κ1) is 28.2. The summed E-state index contributed by atoms with van der Waals surface area (Å²) < 4.78 is 7.61. The van der Waals surface area contributed by atoms with Crippen LogP contribution in [0.4, 0.5) is 16.6 Å². The molecule has 2 N–H and O–H groups in total. The van der Waals surface area contributed by atoms with Crippen molar-refractivity contribution in [3.8, 4) is 11.1 Å². The van der Waals surface area contributed by atoms with Crippen molar-refractivity contribution >= 4 is 28.9 Å². The largest absolute Gasteiger partial charge is 0.444 e. The third-order valence-electron chi connectivity index (χ3n) is 8.60. The van der Waals surface area contributed by atoms with E-state index in [2.05, 4.69) is 75.1 Å². The summed E-state index contributed by atoms with van der Waals surface area (Å²) >= 11 is 0. The molecule has 0 bridgehead atoms. The van der Waals surface area contributed by atoms with Crippen molar-refractivity contribution in [2.24, 2.45) is 11.3 Å². The molecule has 0 spiro atoms. The van der Waals surface area contributed by atoms with E-state index in [-0.39, 0.29) is 12.1 Å². The maximum absolute atomic E-state index is 12.4. The number of carbonyl (C=O) groups excluding carboxylic acids is 1. The van der Waals surface area contributed by atoms with Crippen LogP contribution in [0.3, 0.4) is 0 Å². The number of amides is 1.